The van der Waals surface area contributed by atoms with Gasteiger partial charge in [0.15, 0.2) is 0 Å². The Morgan fingerprint density at radius 2 is 2.33 bits per heavy atom. The molecule has 0 bridgehead atoms. The fourth-order valence-corrected chi connectivity index (χ4v) is 1.83. The zero-order valence-corrected chi connectivity index (χ0v) is 9.96. The molecule has 0 spiro atoms. The van der Waals surface area contributed by atoms with Crippen molar-refractivity contribution in [2.75, 3.05) is 7.11 Å². The molecule has 0 unspecified atom stereocenters. The molecular weight excluding hydrogens is 317 g/mol. The predicted molar refractivity (Wildman–Crippen MR) is 57.8 cm³/mol. The van der Waals surface area contributed by atoms with E-state index in [-0.39, 0.29) is 23.4 Å². The molecule has 1 aromatic rings. The first kappa shape index (κ1) is 12.1. The Kier molecular flexibility index (Phi) is 4.20. The van der Waals surface area contributed by atoms with Crippen molar-refractivity contribution in [1.82, 2.24) is 4.98 Å². The standard InChI is InChI=1S/C9H7F2IN2O/c1-15-7-4-6(8(10)11)5(2-3-13)9(12)14-7/h4,8H,2H2,1H3. The van der Waals surface area contributed by atoms with E-state index in [1.54, 1.807) is 0 Å². The van der Waals surface area contributed by atoms with Crippen LogP contribution in [0.1, 0.15) is 17.6 Å². The van der Waals surface area contributed by atoms with E-state index in [4.69, 9.17) is 10.00 Å². The van der Waals surface area contributed by atoms with Gasteiger partial charge in [-0.1, -0.05) is 0 Å². The van der Waals surface area contributed by atoms with Crippen LogP contribution >= 0.6 is 22.6 Å². The molecule has 0 aliphatic carbocycles. The highest BCUT2D eigenvalue weighted by Gasteiger charge is 2.18. The number of aromatic nitrogens is 1. The molecule has 0 fully saturated rings. The Morgan fingerprint density at radius 3 is 2.80 bits per heavy atom. The van der Waals surface area contributed by atoms with E-state index in [9.17, 15) is 8.78 Å². The largest absolute Gasteiger partial charge is 0.481 e. The number of ether oxygens (including phenoxy) is 1. The highest BCUT2D eigenvalue weighted by molar-refractivity contribution is 14.1. The number of rotatable bonds is 3. The fourth-order valence-electron chi connectivity index (χ4n) is 1.09. The lowest BCUT2D eigenvalue weighted by Crippen LogP contribution is -2.02. The number of nitrogens with zero attached hydrogens (tertiary/aromatic N) is 2. The first-order valence-corrected chi connectivity index (χ1v) is 5.06. The summed E-state index contributed by atoms with van der Waals surface area (Å²) >= 11 is 1.82. The Bertz CT molecular complexity index is 404. The summed E-state index contributed by atoms with van der Waals surface area (Å²) < 4.78 is 30.5. The molecule has 0 aliphatic rings. The van der Waals surface area contributed by atoms with Crippen LogP contribution in [0.15, 0.2) is 6.07 Å². The first-order valence-electron chi connectivity index (χ1n) is 3.98. The lowest BCUT2D eigenvalue weighted by molar-refractivity contribution is 0.149. The van der Waals surface area contributed by atoms with Gasteiger partial charge in [-0.3, -0.25) is 0 Å². The van der Waals surface area contributed by atoms with Gasteiger partial charge in [-0.05, 0) is 22.6 Å². The Balaban J connectivity index is 3.30. The minimum atomic E-state index is -2.63. The number of pyridine rings is 1. The van der Waals surface area contributed by atoms with Crippen molar-refractivity contribution in [3.8, 4) is 11.9 Å². The summed E-state index contributed by atoms with van der Waals surface area (Å²) in [5, 5.41) is 8.52. The summed E-state index contributed by atoms with van der Waals surface area (Å²) in [5.74, 6) is 0.136. The highest BCUT2D eigenvalue weighted by Crippen LogP contribution is 2.29. The summed E-state index contributed by atoms with van der Waals surface area (Å²) in [7, 11) is 1.36. The number of halogens is 3. The Hall–Kier alpha value is -0.970. The maximum atomic E-state index is 12.7. The molecular formula is C9H7F2IN2O. The molecule has 0 saturated carbocycles. The molecule has 0 aromatic carbocycles. The summed E-state index contributed by atoms with van der Waals surface area (Å²) in [6.07, 6.45) is -2.70. The smallest absolute Gasteiger partial charge is 0.264 e. The molecule has 0 atom stereocenters. The van der Waals surface area contributed by atoms with Gasteiger partial charge in [-0.15, -0.1) is 0 Å². The minimum absolute atomic E-state index is 0.0745. The molecule has 0 aliphatic heterocycles. The second-order valence-electron chi connectivity index (χ2n) is 2.66. The van der Waals surface area contributed by atoms with E-state index in [1.807, 2.05) is 28.7 Å². The van der Waals surface area contributed by atoms with Gasteiger partial charge in [-0.25, -0.2) is 13.8 Å². The van der Waals surface area contributed by atoms with Gasteiger partial charge in [-0.2, -0.15) is 5.26 Å². The molecule has 15 heavy (non-hydrogen) atoms. The van der Waals surface area contributed by atoms with E-state index < -0.39 is 6.43 Å². The van der Waals surface area contributed by atoms with Crippen LogP contribution < -0.4 is 4.74 Å². The number of nitriles is 1. The van der Waals surface area contributed by atoms with Crippen LogP contribution in [0.4, 0.5) is 8.78 Å². The van der Waals surface area contributed by atoms with Crippen LogP contribution in [0.2, 0.25) is 0 Å². The quantitative estimate of drug-likeness (QED) is 0.634. The van der Waals surface area contributed by atoms with Gasteiger partial charge >= 0.3 is 0 Å². The van der Waals surface area contributed by atoms with Crippen LogP contribution in [0.25, 0.3) is 0 Å². The highest BCUT2D eigenvalue weighted by atomic mass is 127. The molecule has 1 heterocycles. The van der Waals surface area contributed by atoms with Gasteiger partial charge in [0.2, 0.25) is 5.88 Å². The normalized spacial score (nSPS) is 10.1. The third-order valence-corrected chi connectivity index (χ3v) is 2.68. The van der Waals surface area contributed by atoms with Crippen molar-refractivity contribution in [1.29, 1.82) is 5.26 Å². The topological polar surface area (TPSA) is 45.9 Å². The fraction of sp³-hybridized carbons (Fsp3) is 0.333. The van der Waals surface area contributed by atoms with Gasteiger partial charge < -0.3 is 4.74 Å². The van der Waals surface area contributed by atoms with Gasteiger partial charge in [0.05, 0.1) is 19.6 Å². The maximum absolute atomic E-state index is 12.7. The first-order chi connectivity index (χ1) is 7.10. The van der Waals surface area contributed by atoms with Crippen molar-refractivity contribution in [3.63, 3.8) is 0 Å². The van der Waals surface area contributed by atoms with E-state index in [1.165, 1.54) is 13.2 Å². The number of hydrogen-bond donors (Lipinski definition) is 0. The SMILES string of the molecule is COc1cc(C(F)F)c(CC#N)c(I)n1. The molecule has 0 N–H and O–H groups in total. The second kappa shape index (κ2) is 5.21. The van der Waals surface area contributed by atoms with E-state index in [2.05, 4.69) is 4.98 Å². The predicted octanol–water partition coefficient (Wildman–Crippen LogP) is 2.70. The summed E-state index contributed by atoms with van der Waals surface area (Å²) in [6.45, 7) is 0. The van der Waals surface area contributed by atoms with Crippen LogP contribution in [0.3, 0.4) is 0 Å². The van der Waals surface area contributed by atoms with Crippen molar-refractivity contribution in [3.05, 3.63) is 20.9 Å². The lowest BCUT2D eigenvalue weighted by Gasteiger charge is -2.09. The van der Waals surface area contributed by atoms with Gasteiger partial charge in [0, 0.05) is 17.2 Å². The minimum Gasteiger partial charge on any atom is -0.481 e. The average molecular weight is 324 g/mol. The number of methoxy groups -OCH3 is 1. The number of hydrogen-bond acceptors (Lipinski definition) is 3. The average Bonchev–Trinajstić information content (AvgIpc) is 2.20. The van der Waals surface area contributed by atoms with Crippen LogP contribution in [-0.2, 0) is 6.42 Å². The van der Waals surface area contributed by atoms with Crippen molar-refractivity contribution in [2.24, 2.45) is 0 Å². The molecule has 1 rings (SSSR count). The zero-order chi connectivity index (χ0) is 11.4. The summed E-state index contributed by atoms with van der Waals surface area (Å²) in [6, 6.07) is 3.00. The lowest BCUT2D eigenvalue weighted by atomic mass is 10.1. The molecule has 0 radical (unpaired) electrons. The van der Waals surface area contributed by atoms with Gasteiger partial charge in [0.25, 0.3) is 6.43 Å². The zero-order valence-electron chi connectivity index (χ0n) is 7.80. The Morgan fingerprint density at radius 1 is 1.67 bits per heavy atom. The van der Waals surface area contributed by atoms with Crippen molar-refractivity contribution >= 4 is 22.6 Å². The molecule has 6 heteroatoms. The third-order valence-electron chi connectivity index (χ3n) is 1.78. The third kappa shape index (κ3) is 2.75. The van der Waals surface area contributed by atoms with Crippen LogP contribution in [0.5, 0.6) is 5.88 Å². The van der Waals surface area contributed by atoms with E-state index >= 15 is 0 Å². The Labute approximate surface area is 99.2 Å². The van der Waals surface area contributed by atoms with Gasteiger partial charge in [0.1, 0.15) is 3.70 Å². The maximum Gasteiger partial charge on any atom is 0.264 e. The molecule has 1 aromatic heterocycles. The molecule has 0 amide bonds. The van der Waals surface area contributed by atoms with E-state index in [0.29, 0.717) is 3.70 Å². The summed E-state index contributed by atoms with van der Waals surface area (Å²) in [5.41, 5.74) is 0.0849. The molecule has 0 saturated heterocycles. The second-order valence-corrected chi connectivity index (χ2v) is 3.68. The molecule has 80 valence electrons. The van der Waals surface area contributed by atoms with Crippen molar-refractivity contribution in [2.45, 2.75) is 12.8 Å². The summed E-state index contributed by atoms with van der Waals surface area (Å²) in [4.78, 5) is 3.93. The number of alkyl halides is 2. The van der Waals surface area contributed by atoms with E-state index in [0.717, 1.165) is 0 Å². The van der Waals surface area contributed by atoms with Crippen molar-refractivity contribution < 1.29 is 13.5 Å². The van der Waals surface area contributed by atoms with Crippen LogP contribution in [0, 0.1) is 15.0 Å². The monoisotopic (exact) mass is 324 g/mol. The van der Waals surface area contributed by atoms with Crippen LogP contribution in [-0.4, -0.2) is 12.1 Å². The molecule has 3 nitrogen and oxygen atoms in total.